The summed E-state index contributed by atoms with van der Waals surface area (Å²) in [6, 6.07) is 17.2. The second-order valence-electron chi connectivity index (χ2n) is 5.58. The zero-order chi connectivity index (χ0) is 17.5. The summed E-state index contributed by atoms with van der Waals surface area (Å²) in [5.41, 5.74) is 3.14. The quantitative estimate of drug-likeness (QED) is 0.684. The minimum Gasteiger partial charge on any atom is -0.348 e. The lowest BCUT2D eigenvalue weighted by Gasteiger charge is -2.10. The van der Waals surface area contributed by atoms with Crippen LogP contribution in [-0.2, 0) is 17.9 Å². The second kappa shape index (κ2) is 8.31. The van der Waals surface area contributed by atoms with Crippen LogP contribution in [-0.4, -0.2) is 15.7 Å². The van der Waals surface area contributed by atoms with E-state index < -0.39 is 0 Å². The number of nitrogens with one attached hydrogen (secondary N) is 1. The first-order valence-corrected chi connectivity index (χ1v) is 8.34. The van der Waals surface area contributed by atoms with E-state index in [1.54, 1.807) is 24.4 Å². The highest BCUT2D eigenvalue weighted by Crippen LogP contribution is 2.11. The molecule has 0 radical (unpaired) electrons. The molecule has 1 heterocycles. The fraction of sp³-hybridized carbons (Fsp3) is 0.100. The molecule has 25 heavy (non-hydrogen) atoms. The van der Waals surface area contributed by atoms with Gasteiger partial charge in [-0.1, -0.05) is 48.0 Å². The Kier molecular flexibility index (Phi) is 5.65. The first-order chi connectivity index (χ1) is 12.2. The molecule has 0 aliphatic carbocycles. The Bertz CT molecular complexity index is 855. The highest BCUT2D eigenvalue weighted by Gasteiger charge is 2.04. The second-order valence-corrected chi connectivity index (χ2v) is 6.01. The molecule has 0 aliphatic rings. The van der Waals surface area contributed by atoms with Crippen molar-refractivity contribution in [2.75, 3.05) is 0 Å². The van der Waals surface area contributed by atoms with Crippen LogP contribution in [0.4, 0.5) is 0 Å². The van der Waals surface area contributed by atoms with Gasteiger partial charge in [0.2, 0.25) is 5.91 Å². The molecule has 0 spiro atoms. The molecule has 0 unspecified atom stereocenters. The number of hydrogen-bond donors (Lipinski definition) is 1. The molecule has 0 bridgehead atoms. The van der Waals surface area contributed by atoms with Gasteiger partial charge in [0.05, 0.1) is 6.54 Å². The summed E-state index contributed by atoms with van der Waals surface area (Å²) < 4.78 is 1.86. The Morgan fingerprint density at radius 3 is 2.56 bits per heavy atom. The highest BCUT2D eigenvalue weighted by molar-refractivity contribution is 6.30. The van der Waals surface area contributed by atoms with E-state index in [2.05, 4.69) is 10.4 Å². The van der Waals surface area contributed by atoms with Gasteiger partial charge in [0, 0.05) is 30.0 Å². The van der Waals surface area contributed by atoms with Crippen LogP contribution in [0.15, 0.2) is 73.1 Å². The number of carbonyl (C=O) groups excluding carboxylic acids is 1. The van der Waals surface area contributed by atoms with Crippen LogP contribution >= 0.6 is 11.6 Å². The number of amides is 1. The number of rotatable bonds is 6. The first kappa shape index (κ1) is 17.0. The van der Waals surface area contributed by atoms with Gasteiger partial charge in [0.15, 0.2) is 0 Å². The van der Waals surface area contributed by atoms with E-state index in [9.17, 15) is 4.79 Å². The van der Waals surface area contributed by atoms with Gasteiger partial charge in [0.1, 0.15) is 0 Å². The minimum atomic E-state index is -0.135. The van der Waals surface area contributed by atoms with Crippen LogP contribution in [0.1, 0.15) is 16.7 Å². The molecule has 3 aromatic rings. The Morgan fingerprint density at radius 1 is 1.08 bits per heavy atom. The number of benzene rings is 2. The molecule has 0 saturated heterocycles. The third kappa shape index (κ3) is 5.06. The molecule has 1 aromatic heterocycles. The molecule has 0 atom stereocenters. The zero-order valence-corrected chi connectivity index (χ0v) is 14.4. The molecule has 3 rings (SSSR count). The van der Waals surface area contributed by atoms with E-state index in [4.69, 9.17) is 11.6 Å². The number of halogens is 1. The van der Waals surface area contributed by atoms with Crippen molar-refractivity contribution in [1.82, 2.24) is 15.1 Å². The molecule has 0 aliphatic heterocycles. The van der Waals surface area contributed by atoms with Crippen LogP contribution in [0, 0.1) is 0 Å². The maximum Gasteiger partial charge on any atom is 0.244 e. The van der Waals surface area contributed by atoms with E-state index >= 15 is 0 Å². The number of aromatic nitrogens is 2. The fourth-order valence-electron chi connectivity index (χ4n) is 2.44. The average molecular weight is 352 g/mol. The average Bonchev–Trinajstić information content (AvgIpc) is 3.13. The van der Waals surface area contributed by atoms with Gasteiger partial charge in [-0.3, -0.25) is 9.48 Å². The summed E-state index contributed by atoms with van der Waals surface area (Å²) in [7, 11) is 0. The normalized spacial score (nSPS) is 10.9. The number of nitrogens with zero attached hydrogens (tertiary/aromatic N) is 2. The SMILES string of the molecule is O=C(/C=C/c1ccc(Cl)cc1)NCc1ccccc1Cn1cccn1. The summed E-state index contributed by atoms with van der Waals surface area (Å²) in [5, 5.41) is 7.82. The predicted octanol–water partition coefficient (Wildman–Crippen LogP) is 3.91. The molecular formula is C20H18ClN3O. The van der Waals surface area contributed by atoms with Crippen LogP contribution in [0.2, 0.25) is 5.02 Å². The minimum absolute atomic E-state index is 0.135. The summed E-state index contributed by atoms with van der Waals surface area (Å²) in [4.78, 5) is 12.0. The van der Waals surface area contributed by atoms with Crippen molar-refractivity contribution in [3.63, 3.8) is 0 Å². The predicted molar refractivity (Wildman–Crippen MR) is 100 cm³/mol. The Balaban J connectivity index is 1.59. The van der Waals surface area contributed by atoms with Crippen LogP contribution in [0.25, 0.3) is 6.08 Å². The number of carbonyl (C=O) groups is 1. The van der Waals surface area contributed by atoms with E-state index in [1.165, 1.54) is 6.08 Å². The Labute approximate surface area is 151 Å². The van der Waals surface area contributed by atoms with Crippen LogP contribution < -0.4 is 5.32 Å². The van der Waals surface area contributed by atoms with Gasteiger partial charge < -0.3 is 5.32 Å². The van der Waals surface area contributed by atoms with Crippen molar-refractivity contribution < 1.29 is 4.79 Å². The maximum atomic E-state index is 12.0. The van der Waals surface area contributed by atoms with Gasteiger partial charge in [-0.15, -0.1) is 0 Å². The molecule has 0 saturated carbocycles. The van der Waals surface area contributed by atoms with Gasteiger partial charge in [0.25, 0.3) is 0 Å². The smallest absolute Gasteiger partial charge is 0.244 e. The van der Waals surface area contributed by atoms with Crippen LogP contribution in [0.5, 0.6) is 0 Å². The Hall–Kier alpha value is -2.85. The van der Waals surface area contributed by atoms with E-state index in [0.717, 1.165) is 16.7 Å². The standard InChI is InChI=1S/C20H18ClN3O/c21-19-9-6-16(7-10-19)8-11-20(25)22-14-17-4-1-2-5-18(17)15-24-13-3-12-23-24/h1-13H,14-15H2,(H,22,25)/b11-8+. The zero-order valence-electron chi connectivity index (χ0n) is 13.6. The molecule has 2 aromatic carbocycles. The Morgan fingerprint density at radius 2 is 1.84 bits per heavy atom. The van der Waals surface area contributed by atoms with E-state index in [1.807, 2.05) is 53.3 Å². The topological polar surface area (TPSA) is 46.9 Å². The third-order valence-electron chi connectivity index (χ3n) is 3.76. The molecule has 5 heteroatoms. The molecule has 1 N–H and O–H groups in total. The van der Waals surface area contributed by atoms with Crippen LogP contribution in [0.3, 0.4) is 0 Å². The monoisotopic (exact) mass is 351 g/mol. The fourth-order valence-corrected chi connectivity index (χ4v) is 2.57. The first-order valence-electron chi connectivity index (χ1n) is 7.96. The van der Waals surface area contributed by atoms with Crippen molar-refractivity contribution in [3.8, 4) is 0 Å². The molecular weight excluding hydrogens is 334 g/mol. The lowest BCUT2D eigenvalue weighted by Crippen LogP contribution is -2.21. The molecule has 1 amide bonds. The number of hydrogen-bond acceptors (Lipinski definition) is 2. The van der Waals surface area contributed by atoms with Gasteiger partial charge >= 0.3 is 0 Å². The van der Waals surface area contributed by atoms with Crippen molar-refractivity contribution in [3.05, 3.63) is 94.8 Å². The van der Waals surface area contributed by atoms with Crippen molar-refractivity contribution >= 4 is 23.6 Å². The largest absolute Gasteiger partial charge is 0.348 e. The van der Waals surface area contributed by atoms with Gasteiger partial charge in [-0.05, 0) is 41.0 Å². The van der Waals surface area contributed by atoms with Gasteiger partial charge in [-0.2, -0.15) is 5.10 Å². The maximum absolute atomic E-state index is 12.0. The summed E-state index contributed by atoms with van der Waals surface area (Å²) >= 11 is 5.85. The highest BCUT2D eigenvalue weighted by atomic mass is 35.5. The molecule has 0 fully saturated rings. The van der Waals surface area contributed by atoms with Gasteiger partial charge in [-0.25, -0.2) is 0 Å². The third-order valence-corrected chi connectivity index (χ3v) is 4.01. The summed E-state index contributed by atoms with van der Waals surface area (Å²) in [5.74, 6) is -0.135. The lowest BCUT2D eigenvalue weighted by atomic mass is 10.1. The summed E-state index contributed by atoms with van der Waals surface area (Å²) in [6.07, 6.45) is 6.97. The van der Waals surface area contributed by atoms with Crippen molar-refractivity contribution in [2.45, 2.75) is 13.1 Å². The molecule has 4 nitrogen and oxygen atoms in total. The summed E-state index contributed by atoms with van der Waals surface area (Å²) in [6.45, 7) is 1.15. The molecule has 126 valence electrons. The van der Waals surface area contributed by atoms with E-state index in [0.29, 0.717) is 18.1 Å². The lowest BCUT2D eigenvalue weighted by molar-refractivity contribution is -0.116. The van der Waals surface area contributed by atoms with E-state index in [-0.39, 0.29) is 5.91 Å². The van der Waals surface area contributed by atoms with Crippen molar-refractivity contribution in [2.24, 2.45) is 0 Å². The van der Waals surface area contributed by atoms with Crippen molar-refractivity contribution in [1.29, 1.82) is 0 Å².